The van der Waals surface area contributed by atoms with E-state index in [9.17, 15) is 23.7 Å². The van der Waals surface area contributed by atoms with Gasteiger partial charge in [-0.05, 0) is 31.0 Å². The summed E-state index contributed by atoms with van der Waals surface area (Å²) in [5.41, 5.74) is 0.0241. The Morgan fingerprint density at radius 2 is 1.97 bits per heavy atom. The van der Waals surface area contributed by atoms with Crippen LogP contribution in [0.15, 0.2) is 48.5 Å². The molecule has 1 N–H and O–H groups in total. The molecule has 0 spiro atoms. The van der Waals surface area contributed by atoms with E-state index in [0.29, 0.717) is 17.2 Å². The first-order chi connectivity index (χ1) is 15.8. The molecule has 0 atom stereocenters. The molecule has 33 heavy (non-hydrogen) atoms. The maximum Gasteiger partial charge on any atom is 0.282 e. The molecular formula is C22H20F2N4O5. The second-order valence-electron chi connectivity index (χ2n) is 7.50. The van der Waals surface area contributed by atoms with Crippen LogP contribution < -0.4 is 14.8 Å². The number of carbonyl (C=O) groups excluding carboxylic acids is 1. The van der Waals surface area contributed by atoms with E-state index in [-0.39, 0.29) is 35.3 Å². The summed E-state index contributed by atoms with van der Waals surface area (Å²) in [6.07, 6.45) is -1.03. The molecule has 1 aromatic heterocycles. The molecule has 11 heteroatoms. The van der Waals surface area contributed by atoms with Crippen LogP contribution in [-0.2, 0) is 11.3 Å². The van der Waals surface area contributed by atoms with E-state index in [2.05, 4.69) is 10.4 Å². The molecule has 0 aliphatic heterocycles. The lowest BCUT2D eigenvalue weighted by Gasteiger charge is -2.12. The first-order valence-electron chi connectivity index (χ1n) is 10.1. The number of para-hydroxylation sites is 2. The van der Waals surface area contributed by atoms with Gasteiger partial charge in [-0.15, -0.1) is 0 Å². The number of carbonyl (C=O) groups is 1. The number of ether oxygens (including phenoxy) is 2. The number of hydrogen-bond acceptors (Lipinski definition) is 6. The molecule has 0 unspecified atom stereocenters. The van der Waals surface area contributed by atoms with Gasteiger partial charge in [-0.3, -0.25) is 19.6 Å². The van der Waals surface area contributed by atoms with Gasteiger partial charge in [0.15, 0.2) is 11.5 Å². The number of methoxy groups -OCH3 is 1. The second kappa shape index (κ2) is 9.23. The van der Waals surface area contributed by atoms with Gasteiger partial charge in [0.25, 0.3) is 12.1 Å². The van der Waals surface area contributed by atoms with Gasteiger partial charge in [-0.25, -0.2) is 8.78 Å². The Kier molecular flexibility index (Phi) is 6.20. The van der Waals surface area contributed by atoms with Gasteiger partial charge >= 0.3 is 0 Å². The van der Waals surface area contributed by atoms with Crippen molar-refractivity contribution in [3.8, 4) is 17.2 Å². The summed E-state index contributed by atoms with van der Waals surface area (Å²) >= 11 is 0. The summed E-state index contributed by atoms with van der Waals surface area (Å²) in [6, 6.07) is 11.9. The molecule has 3 aromatic rings. The van der Waals surface area contributed by atoms with Gasteiger partial charge in [-0.1, -0.05) is 12.1 Å². The maximum absolute atomic E-state index is 13.1. The third kappa shape index (κ3) is 5.25. The van der Waals surface area contributed by atoms with E-state index in [1.807, 2.05) is 0 Å². The zero-order chi connectivity index (χ0) is 23.5. The number of nitro groups is 1. The lowest BCUT2D eigenvalue weighted by atomic mass is 10.2. The number of non-ortho nitro benzene ring substituents is 1. The number of anilines is 1. The van der Waals surface area contributed by atoms with Crippen molar-refractivity contribution in [1.82, 2.24) is 9.78 Å². The smallest absolute Gasteiger partial charge is 0.282 e. The van der Waals surface area contributed by atoms with E-state index in [0.717, 1.165) is 12.8 Å². The minimum Gasteiger partial charge on any atom is -0.493 e. The van der Waals surface area contributed by atoms with Crippen LogP contribution in [0, 0.1) is 10.1 Å². The molecule has 172 valence electrons. The van der Waals surface area contributed by atoms with Crippen LogP contribution in [0.5, 0.6) is 17.2 Å². The Morgan fingerprint density at radius 1 is 1.24 bits per heavy atom. The standard InChI is InChI=1S/C22H20F2N4O5/c1-32-19-4-2-3-5-20(19)33-16-9-14(8-15(10-16)28(30)31)25-21(29)12-27-18(13-6-7-13)11-17(26-27)22(23)24/h2-5,8-11,13,22H,6-7,12H2,1H3,(H,25,29). The fraction of sp³-hybridized carbons (Fsp3) is 0.273. The predicted octanol–water partition coefficient (Wildman–Crippen LogP) is 5.05. The average Bonchev–Trinajstić information content (AvgIpc) is 3.53. The molecule has 9 nitrogen and oxygen atoms in total. The van der Waals surface area contributed by atoms with Crippen molar-refractivity contribution >= 4 is 17.3 Å². The van der Waals surface area contributed by atoms with Crippen molar-refractivity contribution in [1.29, 1.82) is 0 Å². The van der Waals surface area contributed by atoms with Crippen LogP contribution in [-0.4, -0.2) is 27.7 Å². The molecule has 0 bridgehead atoms. The van der Waals surface area contributed by atoms with Crippen molar-refractivity contribution < 1.29 is 28.0 Å². The van der Waals surface area contributed by atoms with Gasteiger partial charge in [-0.2, -0.15) is 5.10 Å². The van der Waals surface area contributed by atoms with Crippen LogP contribution in [0.2, 0.25) is 0 Å². The first-order valence-corrected chi connectivity index (χ1v) is 10.1. The van der Waals surface area contributed by atoms with Gasteiger partial charge < -0.3 is 14.8 Å². The minimum absolute atomic E-state index is 0.108. The number of nitro benzene ring substituents is 1. The van der Waals surface area contributed by atoms with Crippen molar-refractivity contribution in [2.75, 3.05) is 12.4 Å². The Balaban J connectivity index is 1.55. The van der Waals surface area contributed by atoms with Crippen molar-refractivity contribution in [3.05, 3.63) is 70.0 Å². The lowest BCUT2D eigenvalue weighted by Crippen LogP contribution is -2.21. The van der Waals surface area contributed by atoms with E-state index in [1.165, 1.54) is 36.1 Å². The first kappa shape index (κ1) is 22.2. The number of amides is 1. The van der Waals surface area contributed by atoms with Gasteiger partial charge in [0, 0.05) is 23.7 Å². The minimum atomic E-state index is -2.74. The summed E-state index contributed by atoms with van der Waals surface area (Å²) in [5.74, 6) is 0.418. The zero-order valence-corrected chi connectivity index (χ0v) is 17.5. The lowest BCUT2D eigenvalue weighted by molar-refractivity contribution is -0.384. The monoisotopic (exact) mass is 458 g/mol. The highest BCUT2D eigenvalue weighted by molar-refractivity contribution is 5.91. The largest absolute Gasteiger partial charge is 0.493 e. The summed E-state index contributed by atoms with van der Waals surface area (Å²) in [4.78, 5) is 23.4. The molecule has 0 radical (unpaired) electrons. The second-order valence-corrected chi connectivity index (χ2v) is 7.50. The Hall–Kier alpha value is -4.02. The highest BCUT2D eigenvalue weighted by Gasteiger charge is 2.30. The molecule has 1 saturated carbocycles. The highest BCUT2D eigenvalue weighted by atomic mass is 19.3. The summed E-state index contributed by atoms with van der Waals surface area (Å²) in [6.45, 7) is -0.302. The van der Waals surface area contributed by atoms with Crippen molar-refractivity contribution in [2.45, 2.75) is 31.7 Å². The molecule has 1 aliphatic rings. The fourth-order valence-electron chi connectivity index (χ4n) is 3.38. The van der Waals surface area contributed by atoms with Gasteiger partial charge in [0.05, 0.1) is 23.8 Å². The van der Waals surface area contributed by atoms with E-state index >= 15 is 0 Å². The van der Waals surface area contributed by atoms with E-state index in [4.69, 9.17) is 9.47 Å². The maximum atomic E-state index is 13.1. The summed E-state index contributed by atoms with van der Waals surface area (Å²) in [5, 5.41) is 17.8. The fourth-order valence-corrected chi connectivity index (χ4v) is 3.38. The Bertz CT molecular complexity index is 1190. The van der Waals surface area contributed by atoms with Crippen LogP contribution in [0.1, 0.15) is 36.6 Å². The molecule has 2 aromatic carbocycles. The third-order valence-electron chi connectivity index (χ3n) is 5.03. The number of benzene rings is 2. The van der Waals surface area contributed by atoms with Crippen molar-refractivity contribution in [2.24, 2.45) is 0 Å². The molecule has 1 heterocycles. The van der Waals surface area contributed by atoms with Crippen LogP contribution in [0.4, 0.5) is 20.2 Å². The third-order valence-corrected chi connectivity index (χ3v) is 5.03. The quantitative estimate of drug-likeness (QED) is 0.355. The molecule has 0 saturated heterocycles. The number of nitrogens with zero attached hydrogens (tertiary/aromatic N) is 3. The number of halogens is 2. The van der Waals surface area contributed by atoms with Crippen molar-refractivity contribution in [3.63, 3.8) is 0 Å². The van der Waals surface area contributed by atoms with Crippen LogP contribution in [0.3, 0.4) is 0 Å². The number of hydrogen-bond donors (Lipinski definition) is 1. The Morgan fingerprint density at radius 3 is 2.61 bits per heavy atom. The highest BCUT2D eigenvalue weighted by Crippen LogP contribution is 2.41. The zero-order valence-electron chi connectivity index (χ0n) is 17.5. The van der Waals surface area contributed by atoms with Gasteiger partial charge in [0.2, 0.25) is 5.91 Å². The normalized spacial score (nSPS) is 13.1. The average molecular weight is 458 g/mol. The number of nitrogens with one attached hydrogen (secondary N) is 1. The molecule has 1 fully saturated rings. The SMILES string of the molecule is COc1ccccc1Oc1cc(NC(=O)Cn2nc(C(F)F)cc2C2CC2)cc([N+](=O)[O-])c1. The molecule has 1 amide bonds. The number of rotatable bonds is 9. The van der Waals surface area contributed by atoms with E-state index < -0.39 is 17.3 Å². The molecule has 4 rings (SSSR count). The van der Waals surface area contributed by atoms with Gasteiger partial charge in [0.1, 0.15) is 18.0 Å². The summed E-state index contributed by atoms with van der Waals surface area (Å²) in [7, 11) is 1.46. The molecule has 1 aliphatic carbocycles. The summed E-state index contributed by atoms with van der Waals surface area (Å²) < 4.78 is 38.3. The predicted molar refractivity (Wildman–Crippen MR) is 114 cm³/mol. The Labute approximate surface area is 187 Å². The number of alkyl halides is 2. The molecular weight excluding hydrogens is 438 g/mol. The topological polar surface area (TPSA) is 109 Å². The van der Waals surface area contributed by atoms with Crippen LogP contribution in [0.25, 0.3) is 0 Å². The van der Waals surface area contributed by atoms with E-state index in [1.54, 1.807) is 24.3 Å². The number of aromatic nitrogens is 2. The van der Waals surface area contributed by atoms with Crippen LogP contribution >= 0.6 is 0 Å².